The molecule has 1 aromatic carbocycles. The molecule has 1 aromatic rings. The van der Waals surface area contributed by atoms with Gasteiger partial charge in [0.1, 0.15) is 5.38 Å². The van der Waals surface area contributed by atoms with E-state index in [1.807, 2.05) is 25.1 Å². The third kappa shape index (κ3) is 3.26. The van der Waals surface area contributed by atoms with Gasteiger partial charge < -0.3 is 0 Å². The molecule has 0 heterocycles. The minimum atomic E-state index is -0.647. The first-order chi connectivity index (χ1) is 6.50. The van der Waals surface area contributed by atoms with Crippen LogP contribution < -0.4 is 0 Å². The molecule has 0 aromatic heterocycles. The fourth-order valence-corrected chi connectivity index (χ4v) is 1.73. The summed E-state index contributed by atoms with van der Waals surface area (Å²) in [5, 5.41) is -1.16. The third-order valence-electron chi connectivity index (χ3n) is 1.90. The van der Waals surface area contributed by atoms with E-state index in [9.17, 15) is 4.79 Å². The van der Waals surface area contributed by atoms with Gasteiger partial charge >= 0.3 is 0 Å². The molecule has 0 amide bonds. The Kier molecular flexibility index (Phi) is 4.42. The lowest BCUT2D eigenvalue weighted by atomic mass is 10.1. The largest absolute Gasteiger partial charge is 0.280 e. The Morgan fingerprint density at radius 3 is 2.71 bits per heavy atom. The standard InChI is InChI=1S/C10H9BrCl2O/c1-6-2-3-7(4-8(6)11)5-9(12)10(13)14/h2-4,9H,5H2,1H3. The molecule has 1 unspecified atom stereocenters. The second-order valence-corrected chi connectivity index (χ2v) is 4.81. The van der Waals surface area contributed by atoms with E-state index in [4.69, 9.17) is 23.2 Å². The van der Waals surface area contributed by atoms with Crippen molar-refractivity contribution in [3.8, 4) is 0 Å². The SMILES string of the molecule is Cc1ccc(CC(Cl)C(=O)Cl)cc1Br. The molecule has 1 rings (SSSR count). The second kappa shape index (κ2) is 5.15. The van der Waals surface area contributed by atoms with Gasteiger partial charge in [0.15, 0.2) is 0 Å². The maximum absolute atomic E-state index is 10.7. The van der Waals surface area contributed by atoms with Gasteiger partial charge in [-0.15, -0.1) is 11.6 Å². The summed E-state index contributed by atoms with van der Waals surface area (Å²) in [5.41, 5.74) is 2.15. The molecule has 0 N–H and O–H groups in total. The Balaban J connectivity index is 2.78. The van der Waals surface area contributed by atoms with Crippen LogP contribution in [0.25, 0.3) is 0 Å². The predicted octanol–water partition coefficient (Wildman–Crippen LogP) is 3.67. The number of benzene rings is 1. The summed E-state index contributed by atoms with van der Waals surface area (Å²) in [5.74, 6) is 0. The molecule has 1 atom stereocenters. The van der Waals surface area contributed by atoms with Gasteiger partial charge in [-0.1, -0.05) is 28.1 Å². The number of hydrogen-bond donors (Lipinski definition) is 0. The zero-order chi connectivity index (χ0) is 10.7. The van der Waals surface area contributed by atoms with Gasteiger partial charge in [0.25, 0.3) is 0 Å². The molecule has 0 saturated heterocycles. The summed E-state index contributed by atoms with van der Waals surface area (Å²) in [4.78, 5) is 10.7. The number of hydrogen-bond acceptors (Lipinski definition) is 1. The first kappa shape index (κ1) is 12.0. The molecule has 1 nitrogen and oxygen atoms in total. The molecular formula is C10H9BrCl2O. The van der Waals surface area contributed by atoms with Crippen LogP contribution in [0.4, 0.5) is 0 Å². The molecule has 0 fully saturated rings. The Morgan fingerprint density at radius 2 is 2.21 bits per heavy atom. The van der Waals surface area contributed by atoms with Crippen LogP contribution in [0.1, 0.15) is 11.1 Å². The van der Waals surface area contributed by atoms with Crippen molar-refractivity contribution in [3.05, 3.63) is 33.8 Å². The number of halogens is 3. The third-order valence-corrected chi connectivity index (χ3v) is 3.48. The monoisotopic (exact) mass is 294 g/mol. The maximum atomic E-state index is 10.7. The average Bonchev–Trinajstić information content (AvgIpc) is 2.11. The van der Waals surface area contributed by atoms with Gasteiger partial charge in [-0.25, -0.2) is 0 Å². The Hall–Kier alpha value is -0.0500. The molecule has 4 heteroatoms. The van der Waals surface area contributed by atoms with Crippen LogP contribution in [-0.2, 0) is 11.2 Å². The lowest BCUT2D eigenvalue weighted by Gasteiger charge is -2.06. The van der Waals surface area contributed by atoms with Crippen molar-refractivity contribution in [1.82, 2.24) is 0 Å². The summed E-state index contributed by atoms with van der Waals surface area (Å²) in [6.07, 6.45) is 0.461. The van der Waals surface area contributed by atoms with E-state index in [1.165, 1.54) is 0 Å². The molecule has 0 saturated carbocycles. The number of aryl methyl sites for hydroxylation is 1. The zero-order valence-corrected chi connectivity index (χ0v) is 10.7. The van der Waals surface area contributed by atoms with E-state index in [0.29, 0.717) is 6.42 Å². The minimum Gasteiger partial charge on any atom is -0.280 e. The van der Waals surface area contributed by atoms with Gasteiger partial charge in [-0.05, 0) is 42.1 Å². The highest BCUT2D eigenvalue weighted by atomic mass is 79.9. The molecule has 0 radical (unpaired) electrons. The Morgan fingerprint density at radius 1 is 1.57 bits per heavy atom. The van der Waals surface area contributed by atoms with Gasteiger partial charge in [-0.3, -0.25) is 4.79 Å². The van der Waals surface area contributed by atoms with Crippen molar-refractivity contribution in [2.24, 2.45) is 0 Å². The maximum Gasteiger partial charge on any atom is 0.239 e. The van der Waals surface area contributed by atoms with Crippen molar-refractivity contribution in [2.45, 2.75) is 18.7 Å². The van der Waals surface area contributed by atoms with Crippen LogP contribution in [0.5, 0.6) is 0 Å². The lowest BCUT2D eigenvalue weighted by molar-refractivity contribution is -0.111. The van der Waals surface area contributed by atoms with Crippen LogP contribution in [0.15, 0.2) is 22.7 Å². The van der Waals surface area contributed by atoms with Crippen LogP contribution in [0.2, 0.25) is 0 Å². The summed E-state index contributed by atoms with van der Waals surface area (Å²) in [7, 11) is 0. The zero-order valence-electron chi connectivity index (χ0n) is 7.56. The van der Waals surface area contributed by atoms with Gasteiger partial charge in [0, 0.05) is 4.47 Å². The highest BCUT2D eigenvalue weighted by Gasteiger charge is 2.13. The van der Waals surface area contributed by atoms with Crippen molar-refractivity contribution in [2.75, 3.05) is 0 Å². The number of alkyl halides is 1. The van der Waals surface area contributed by atoms with Gasteiger partial charge in [0.2, 0.25) is 5.24 Å². The first-order valence-corrected chi connectivity index (χ1v) is 5.70. The Bertz CT molecular complexity index is 352. The van der Waals surface area contributed by atoms with Crippen molar-refractivity contribution < 1.29 is 4.79 Å². The van der Waals surface area contributed by atoms with Crippen LogP contribution in [0.3, 0.4) is 0 Å². The molecule has 0 aliphatic carbocycles. The van der Waals surface area contributed by atoms with E-state index < -0.39 is 10.6 Å². The van der Waals surface area contributed by atoms with E-state index >= 15 is 0 Å². The van der Waals surface area contributed by atoms with E-state index in [-0.39, 0.29) is 0 Å². The minimum absolute atomic E-state index is 0.461. The number of carbonyl (C=O) groups is 1. The quantitative estimate of drug-likeness (QED) is 0.614. The molecule has 0 aliphatic heterocycles. The van der Waals surface area contributed by atoms with Crippen molar-refractivity contribution >= 4 is 44.4 Å². The fraction of sp³-hybridized carbons (Fsp3) is 0.300. The van der Waals surface area contributed by atoms with Crippen molar-refractivity contribution in [3.63, 3.8) is 0 Å². The summed E-state index contributed by atoms with van der Waals surface area (Å²) < 4.78 is 1.01. The highest BCUT2D eigenvalue weighted by molar-refractivity contribution is 9.10. The van der Waals surface area contributed by atoms with Gasteiger partial charge in [0.05, 0.1) is 0 Å². The fourth-order valence-electron chi connectivity index (χ4n) is 1.05. The summed E-state index contributed by atoms with van der Waals surface area (Å²) >= 11 is 14.4. The lowest BCUT2D eigenvalue weighted by Crippen LogP contribution is -2.11. The van der Waals surface area contributed by atoms with E-state index in [0.717, 1.165) is 15.6 Å². The normalized spacial score (nSPS) is 12.6. The second-order valence-electron chi connectivity index (χ2n) is 3.06. The average molecular weight is 296 g/mol. The summed E-state index contributed by atoms with van der Waals surface area (Å²) in [6, 6.07) is 5.86. The van der Waals surface area contributed by atoms with E-state index in [1.54, 1.807) is 0 Å². The molecular weight excluding hydrogens is 287 g/mol. The molecule has 0 bridgehead atoms. The van der Waals surface area contributed by atoms with Crippen LogP contribution >= 0.6 is 39.1 Å². The molecule has 0 spiro atoms. The van der Waals surface area contributed by atoms with Crippen LogP contribution in [0, 0.1) is 6.92 Å². The first-order valence-electron chi connectivity index (χ1n) is 4.09. The van der Waals surface area contributed by atoms with Crippen LogP contribution in [-0.4, -0.2) is 10.6 Å². The Labute approximate surface area is 102 Å². The molecule has 76 valence electrons. The van der Waals surface area contributed by atoms with Gasteiger partial charge in [-0.2, -0.15) is 0 Å². The topological polar surface area (TPSA) is 17.1 Å². The predicted molar refractivity (Wildman–Crippen MR) is 63.1 cm³/mol. The highest BCUT2D eigenvalue weighted by Crippen LogP contribution is 2.19. The number of rotatable bonds is 3. The van der Waals surface area contributed by atoms with E-state index in [2.05, 4.69) is 15.9 Å². The summed E-state index contributed by atoms with van der Waals surface area (Å²) in [6.45, 7) is 2.00. The smallest absolute Gasteiger partial charge is 0.239 e. The molecule has 14 heavy (non-hydrogen) atoms. The number of carbonyl (C=O) groups excluding carboxylic acids is 1. The van der Waals surface area contributed by atoms with Crippen molar-refractivity contribution in [1.29, 1.82) is 0 Å². The molecule has 0 aliphatic rings.